The van der Waals surface area contributed by atoms with Gasteiger partial charge in [-0.05, 0) is 123 Å². The zero-order chi connectivity index (χ0) is 26.2. The third-order valence-corrected chi connectivity index (χ3v) is 7.49. The van der Waals surface area contributed by atoms with Crippen LogP contribution in [0.5, 0.6) is 0 Å². The van der Waals surface area contributed by atoms with Crippen LogP contribution in [0.1, 0.15) is 80.6 Å². The first-order valence-electron chi connectivity index (χ1n) is 13.5. The van der Waals surface area contributed by atoms with Crippen molar-refractivity contribution >= 4 is 0 Å². The Morgan fingerprint density at radius 3 is 1.08 bits per heavy atom. The second kappa shape index (κ2) is 12.7. The van der Waals surface area contributed by atoms with E-state index in [0.717, 1.165) is 25.7 Å². The van der Waals surface area contributed by atoms with Gasteiger partial charge in [0.2, 0.25) is 0 Å². The third kappa shape index (κ3) is 7.44. The monoisotopic (exact) mass is 476 g/mol. The summed E-state index contributed by atoms with van der Waals surface area (Å²) in [5.41, 5.74) is 17.0. The highest BCUT2D eigenvalue weighted by molar-refractivity contribution is 5.43. The van der Waals surface area contributed by atoms with E-state index in [4.69, 9.17) is 0 Å². The topological polar surface area (TPSA) is 0 Å². The van der Waals surface area contributed by atoms with E-state index in [1.165, 1.54) is 66.8 Å². The highest BCUT2D eigenvalue weighted by atomic mass is 14.1. The number of hydrogen-bond acceptors (Lipinski definition) is 0. The summed E-state index contributed by atoms with van der Waals surface area (Å²) in [5.74, 6) is 0. The van der Waals surface area contributed by atoms with Crippen LogP contribution in [0.25, 0.3) is 0 Å². The van der Waals surface area contributed by atoms with Crippen molar-refractivity contribution in [3.63, 3.8) is 0 Å². The van der Waals surface area contributed by atoms with Crippen molar-refractivity contribution in [1.29, 1.82) is 0 Å². The van der Waals surface area contributed by atoms with E-state index in [-0.39, 0.29) is 0 Å². The Balaban J connectivity index is 0.000000212. The number of rotatable bonds is 6. The van der Waals surface area contributed by atoms with Crippen LogP contribution in [-0.4, -0.2) is 0 Å². The van der Waals surface area contributed by atoms with Crippen LogP contribution in [0.3, 0.4) is 0 Å². The molecule has 188 valence electrons. The SMILES string of the molecule is CCc1cc(Cc2cc(C)c(C)c(CC)c2)cc(C)c1C.Cc1ccc(Cc2ccc(C)cc2)cc1. The quantitative estimate of drug-likeness (QED) is 0.260. The van der Waals surface area contributed by atoms with Crippen molar-refractivity contribution in [3.8, 4) is 0 Å². The normalized spacial score (nSPS) is 10.7. The lowest BCUT2D eigenvalue weighted by molar-refractivity contribution is 1.04. The maximum atomic E-state index is 2.39. The standard InChI is InChI=1S/C21H28.C15H16/c1-7-20-12-18(9-14(3)16(20)5)11-19-10-15(4)17(6)21(8-2)13-19;1-12-3-7-14(8-4-12)11-15-9-5-13(2)6-10-15/h9-10,12-13H,7-8,11H2,1-6H3;3-10H,11H2,1-2H3. The smallest absolute Gasteiger partial charge is 0.00254 e. The van der Waals surface area contributed by atoms with Crippen molar-refractivity contribution in [2.75, 3.05) is 0 Å². The molecule has 0 amide bonds. The molecule has 0 N–H and O–H groups in total. The van der Waals surface area contributed by atoms with Gasteiger partial charge < -0.3 is 0 Å². The van der Waals surface area contributed by atoms with Gasteiger partial charge in [0, 0.05) is 0 Å². The molecule has 0 radical (unpaired) electrons. The van der Waals surface area contributed by atoms with Gasteiger partial charge in [0.25, 0.3) is 0 Å². The second-order valence-electron chi connectivity index (χ2n) is 10.4. The minimum absolute atomic E-state index is 1.03. The molecule has 4 rings (SSSR count). The number of aryl methyl sites for hydroxylation is 6. The molecule has 4 aromatic rings. The van der Waals surface area contributed by atoms with Crippen LogP contribution >= 0.6 is 0 Å². The molecule has 0 aliphatic carbocycles. The Hall–Kier alpha value is -3.12. The predicted molar refractivity (Wildman–Crippen MR) is 159 cm³/mol. The Labute approximate surface area is 220 Å². The fourth-order valence-corrected chi connectivity index (χ4v) is 4.85. The minimum atomic E-state index is 1.03. The maximum Gasteiger partial charge on any atom is -0.00254 e. The lowest BCUT2D eigenvalue weighted by Gasteiger charge is -2.14. The molecule has 0 saturated carbocycles. The highest BCUT2D eigenvalue weighted by Gasteiger charge is 2.07. The van der Waals surface area contributed by atoms with E-state index < -0.39 is 0 Å². The zero-order valence-corrected chi connectivity index (χ0v) is 23.8. The van der Waals surface area contributed by atoms with Crippen LogP contribution in [0.4, 0.5) is 0 Å². The maximum absolute atomic E-state index is 2.39. The first kappa shape index (κ1) is 27.5. The van der Waals surface area contributed by atoms with Crippen LogP contribution in [0, 0.1) is 41.5 Å². The summed E-state index contributed by atoms with van der Waals surface area (Å²) in [5, 5.41) is 0. The van der Waals surface area contributed by atoms with Gasteiger partial charge in [-0.25, -0.2) is 0 Å². The van der Waals surface area contributed by atoms with E-state index in [9.17, 15) is 0 Å². The van der Waals surface area contributed by atoms with Gasteiger partial charge in [-0.3, -0.25) is 0 Å². The first-order valence-corrected chi connectivity index (χ1v) is 13.5. The lowest BCUT2D eigenvalue weighted by Crippen LogP contribution is -1.99. The van der Waals surface area contributed by atoms with Gasteiger partial charge in [-0.15, -0.1) is 0 Å². The van der Waals surface area contributed by atoms with Gasteiger partial charge in [0.15, 0.2) is 0 Å². The molecule has 0 heteroatoms. The molecule has 0 atom stereocenters. The molecule has 0 fully saturated rings. The van der Waals surface area contributed by atoms with Crippen molar-refractivity contribution in [1.82, 2.24) is 0 Å². The molecular formula is C36H44. The summed E-state index contributed by atoms with van der Waals surface area (Å²) in [4.78, 5) is 0. The molecular weight excluding hydrogens is 432 g/mol. The average molecular weight is 477 g/mol. The van der Waals surface area contributed by atoms with Crippen molar-refractivity contribution in [3.05, 3.63) is 140 Å². The Bertz CT molecular complexity index is 1170. The van der Waals surface area contributed by atoms with Crippen LogP contribution < -0.4 is 0 Å². The fraction of sp³-hybridized carbons (Fsp3) is 0.333. The number of benzene rings is 4. The van der Waals surface area contributed by atoms with Crippen LogP contribution in [-0.2, 0) is 25.7 Å². The molecule has 0 spiro atoms. The summed E-state index contributed by atoms with van der Waals surface area (Å²) < 4.78 is 0. The molecule has 0 bridgehead atoms. The van der Waals surface area contributed by atoms with E-state index in [1.54, 1.807) is 0 Å². The first-order chi connectivity index (χ1) is 17.2. The lowest BCUT2D eigenvalue weighted by atomic mass is 9.92. The minimum Gasteiger partial charge on any atom is -0.0613 e. The summed E-state index contributed by atoms with van der Waals surface area (Å²) in [7, 11) is 0. The third-order valence-electron chi connectivity index (χ3n) is 7.49. The summed E-state index contributed by atoms with van der Waals surface area (Å²) in [6.07, 6.45) is 4.31. The summed E-state index contributed by atoms with van der Waals surface area (Å²) in [6.45, 7) is 17.7. The zero-order valence-electron chi connectivity index (χ0n) is 23.8. The van der Waals surface area contributed by atoms with E-state index in [1.807, 2.05) is 0 Å². The number of hydrogen-bond donors (Lipinski definition) is 0. The largest absolute Gasteiger partial charge is 0.0613 e. The van der Waals surface area contributed by atoms with Gasteiger partial charge in [-0.1, -0.05) is 97.8 Å². The molecule has 0 nitrogen and oxygen atoms in total. The molecule has 4 aromatic carbocycles. The van der Waals surface area contributed by atoms with Crippen molar-refractivity contribution in [2.24, 2.45) is 0 Å². The Kier molecular flexibility index (Phi) is 9.71. The molecule has 0 aliphatic rings. The molecule has 0 unspecified atom stereocenters. The molecule has 0 aliphatic heterocycles. The van der Waals surface area contributed by atoms with Crippen LogP contribution in [0.2, 0.25) is 0 Å². The fourth-order valence-electron chi connectivity index (χ4n) is 4.85. The van der Waals surface area contributed by atoms with Gasteiger partial charge >= 0.3 is 0 Å². The van der Waals surface area contributed by atoms with Crippen molar-refractivity contribution < 1.29 is 0 Å². The Morgan fingerprint density at radius 2 is 0.750 bits per heavy atom. The molecule has 36 heavy (non-hydrogen) atoms. The highest BCUT2D eigenvalue weighted by Crippen LogP contribution is 2.23. The van der Waals surface area contributed by atoms with E-state index >= 15 is 0 Å². The summed E-state index contributed by atoms with van der Waals surface area (Å²) in [6, 6.07) is 27.0. The van der Waals surface area contributed by atoms with Crippen LogP contribution in [0.15, 0.2) is 72.8 Å². The van der Waals surface area contributed by atoms with Gasteiger partial charge in [-0.2, -0.15) is 0 Å². The van der Waals surface area contributed by atoms with Gasteiger partial charge in [0.1, 0.15) is 0 Å². The molecule has 0 saturated heterocycles. The Morgan fingerprint density at radius 1 is 0.417 bits per heavy atom. The van der Waals surface area contributed by atoms with Gasteiger partial charge in [0.05, 0.1) is 0 Å². The van der Waals surface area contributed by atoms with E-state index in [2.05, 4.69) is 128 Å². The predicted octanol–water partition coefficient (Wildman–Crippen LogP) is 9.53. The average Bonchev–Trinajstić information content (AvgIpc) is 2.86. The molecule has 0 aromatic heterocycles. The van der Waals surface area contributed by atoms with Crippen molar-refractivity contribution in [2.45, 2.75) is 81.1 Å². The second-order valence-corrected chi connectivity index (χ2v) is 10.4. The van der Waals surface area contributed by atoms with E-state index in [0.29, 0.717) is 0 Å². The summed E-state index contributed by atoms with van der Waals surface area (Å²) >= 11 is 0. The molecule has 0 heterocycles.